The lowest BCUT2D eigenvalue weighted by Crippen LogP contribution is -2.47. The van der Waals surface area contributed by atoms with E-state index >= 15 is 0 Å². The normalized spacial score (nSPS) is 16.4. The van der Waals surface area contributed by atoms with E-state index in [1.54, 1.807) is 44.0 Å². The van der Waals surface area contributed by atoms with Crippen LogP contribution >= 0.6 is 0 Å². The molecular formula is C30H35N9O5. The minimum absolute atomic E-state index is 0.0617. The van der Waals surface area contributed by atoms with Crippen molar-refractivity contribution in [1.82, 2.24) is 34.7 Å². The van der Waals surface area contributed by atoms with Crippen LogP contribution in [0.1, 0.15) is 31.3 Å². The predicted octanol–water partition coefficient (Wildman–Crippen LogP) is 3.25. The maximum absolute atomic E-state index is 13.1. The minimum atomic E-state index is -1.15. The summed E-state index contributed by atoms with van der Waals surface area (Å²) in [6.45, 7) is 10.7. The molecule has 4 aromatic rings. The van der Waals surface area contributed by atoms with Crippen molar-refractivity contribution in [2.24, 2.45) is 0 Å². The van der Waals surface area contributed by atoms with Gasteiger partial charge in [-0.25, -0.2) is 34.6 Å². The van der Waals surface area contributed by atoms with Gasteiger partial charge in [0.05, 0.1) is 24.3 Å². The number of anilines is 2. The maximum Gasteiger partial charge on any atom is 0.414 e. The highest BCUT2D eigenvalue weighted by Crippen LogP contribution is 2.31. The summed E-state index contributed by atoms with van der Waals surface area (Å²) in [7, 11) is 2.04. The molecule has 230 valence electrons. The Hall–Kier alpha value is -4.69. The number of nitrogens with zero attached hydrogens (tertiary/aromatic N) is 9. The zero-order valence-corrected chi connectivity index (χ0v) is 25.2. The van der Waals surface area contributed by atoms with Gasteiger partial charge in [-0.3, -0.25) is 4.79 Å². The molecule has 0 saturated carbocycles. The molecule has 0 bridgehead atoms. The summed E-state index contributed by atoms with van der Waals surface area (Å²) in [6, 6.07) is 5.33. The predicted molar refractivity (Wildman–Crippen MR) is 163 cm³/mol. The first-order chi connectivity index (χ1) is 21.1. The molecule has 2 saturated heterocycles. The van der Waals surface area contributed by atoms with E-state index in [4.69, 9.17) is 24.1 Å². The van der Waals surface area contributed by atoms with Gasteiger partial charge >= 0.3 is 6.09 Å². The van der Waals surface area contributed by atoms with Crippen LogP contribution in [0.2, 0.25) is 0 Å². The van der Waals surface area contributed by atoms with Crippen LogP contribution in [0.4, 0.5) is 16.6 Å². The SMILES string of the molecule is CN1CCN(C(=O)c2ccc(-c3cnc4c(N5CCOCC5)nc(-c5cnc(N(C(=O)O)C(C)(C)C)nc5)nc4c3)o2)CC1. The zero-order valence-electron chi connectivity index (χ0n) is 25.2. The second-order valence-corrected chi connectivity index (χ2v) is 11.9. The first-order valence-electron chi connectivity index (χ1n) is 14.5. The lowest BCUT2D eigenvalue weighted by atomic mass is 10.1. The summed E-state index contributed by atoms with van der Waals surface area (Å²) >= 11 is 0. The van der Waals surface area contributed by atoms with Gasteiger partial charge in [-0.15, -0.1) is 0 Å². The van der Waals surface area contributed by atoms with Crippen LogP contribution in [0.5, 0.6) is 0 Å². The van der Waals surface area contributed by atoms with Gasteiger partial charge in [0.25, 0.3) is 5.91 Å². The average molecular weight is 602 g/mol. The van der Waals surface area contributed by atoms with Gasteiger partial charge in [0.1, 0.15) is 11.3 Å². The van der Waals surface area contributed by atoms with Gasteiger partial charge in [-0.1, -0.05) is 0 Å². The Bertz CT molecular complexity index is 1670. The fraction of sp³-hybridized carbons (Fsp3) is 0.433. The van der Waals surface area contributed by atoms with E-state index in [0.717, 1.165) is 18.0 Å². The highest BCUT2D eigenvalue weighted by molar-refractivity contribution is 5.93. The van der Waals surface area contributed by atoms with E-state index in [1.807, 2.05) is 13.1 Å². The van der Waals surface area contributed by atoms with Crippen LogP contribution in [0.25, 0.3) is 33.7 Å². The first-order valence-corrected chi connectivity index (χ1v) is 14.5. The van der Waals surface area contributed by atoms with Crippen LogP contribution in [0.15, 0.2) is 41.2 Å². The van der Waals surface area contributed by atoms with Crippen LogP contribution in [0, 0.1) is 0 Å². The molecule has 6 rings (SSSR count). The molecule has 0 spiro atoms. The van der Waals surface area contributed by atoms with Crippen LogP contribution < -0.4 is 9.80 Å². The molecule has 44 heavy (non-hydrogen) atoms. The monoisotopic (exact) mass is 601 g/mol. The number of furan rings is 1. The molecule has 0 unspecified atom stereocenters. The quantitative estimate of drug-likeness (QED) is 0.357. The summed E-state index contributed by atoms with van der Waals surface area (Å²) in [5, 5.41) is 9.74. The van der Waals surface area contributed by atoms with Gasteiger partial charge in [0.15, 0.2) is 17.4 Å². The lowest BCUT2D eigenvalue weighted by Gasteiger charge is -2.31. The van der Waals surface area contributed by atoms with E-state index in [1.165, 1.54) is 12.4 Å². The number of carboxylic acid groups (broad SMARTS) is 1. The highest BCUT2D eigenvalue weighted by atomic mass is 16.5. The lowest BCUT2D eigenvalue weighted by molar-refractivity contribution is 0.0633. The van der Waals surface area contributed by atoms with Crippen molar-refractivity contribution in [1.29, 1.82) is 0 Å². The second-order valence-electron chi connectivity index (χ2n) is 11.9. The number of piperazine rings is 1. The third-order valence-electron chi connectivity index (χ3n) is 7.68. The summed E-state index contributed by atoms with van der Waals surface area (Å²) in [6.07, 6.45) is 3.60. The van der Waals surface area contributed by atoms with E-state index in [-0.39, 0.29) is 17.6 Å². The zero-order chi connectivity index (χ0) is 31.0. The van der Waals surface area contributed by atoms with Crippen molar-refractivity contribution >= 4 is 34.8 Å². The summed E-state index contributed by atoms with van der Waals surface area (Å²) in [5.41, 5.74) is 1.64. The van der Waals surface area contributed by atoms with Crippen LogP contribution in [-0.4, -0.2) is 117 Å². The molecule has 4 aromatic heterocycles. The molecule has 0 atom stereocenters. The number of morpholine rings is 1. The Morgan fingerprint density at radius 1 is 0.909 bits per heavy atom. The van der Waals surface area contributed by atoms with Crippen LogP contribution in [-0.2, 0) is 4.74 Å². The minimum Gasteiger partial charge on any atom is -0.465 e. The number of hydrogen-bond acceptors (Lipinski definition) is 11. The summed E-state index contributed by atoms with van der Waals surface area (Å²) in [5.74, 6) is 1.74. The summed E-state index contributed by atoms with van der Waals surface area (Å²) < 4.78 is 11.6. The second kappa shape index (κ2) is 11.8. The highest BCUT2D eigenvalue weighted by Gasteiger charge is 2.30. The standard InChI is InChI=1S/C30H35N9O5/c1-30(2,3)39(29(41)42)28-32-17-20(18-33-28)25-34-21-15-19(16-31-24(21)26(35-25)37-11-13-43-14-12-37)22-5-6-23(44-22)27(40)38-9-7-36(4)8-10-38/h5-6,15-18H,7-14H2,1-4H3,(H,41,42). The molecule has 14 nitrogen and oxygen atoms in total. The maximum atomic E-state index is 13.1. The number of rotatable bonds is 5. The van der Waals surface area contributed by atoms with E-state index in [0.29, 0.717) is 79.0 Å². The number of carbonyl (C=O) groups excluding carboxylic acids is 1. The van der Waals surface area contributed by atoms with E-state index in [2.05, 4.69) is 19.8 Å². The van der Waals surface area contributed by atoms with Crippen molar-refractivity contribution < 1.29 is 23.8 Å². The average Bonchev–Trinajstić information content (AvgIpc) is 3.51. The molecule has 1 N–H and O–H groups in total. The third kappa shape index (κ3) is 5.90. The Morgan fingerprint density at radius 3 is 2.25 bits per heavy atom. The molecule has 14 heteroatoms. The smallest absolute Gasteiger partial charge is 0.414 e. The number of ether oxygens (including phenoxy) is 1. The molecule has 2 fully saturated rings. The van der Waals surface area contributed by atoms with Crippen molar-refractivity contribution in [2.75, 3.05) is 69.3 Å². The van der Waals surface area contributed by atoms with Gasteiger partial charge in [0.2, 0.25) is 5.95 Å². The number of fused-ring (bicyclic) bond motifs is 1. The number of pyridine rings is 1. The van der Waals surface area contributed by atoms with Gasteiger partial charge in [-0.05, 0) is 46.0 Å². The number of amides is 2. The third-order valence-corrected chi connectivity index (χ3v) is 7.68. The molecule has 0 aliphatic carbocycles. The Balaban J connectivity index is 1.36. The van der Waals surface area contributed by atoms with Gasteiger partial charge in [0, 0.05) is 69.0 Å². The molecular weight excluding hydrogens is 566 g/mol. The topological polar surface area (TPSA) is 154 Å². The van der Waals surface area contributed by atoms with E-state index in [9.17, 15) is 14.7 Å². The molecule has 0 aromatic carbocycles. The van der Waals surface area contributed by atoms with Crippen molar-refractivity contribution in [2.45, 2.75) is 26.3 Å². The Morgan fingerprint density at radius 2 is 1.59 bits per heavy atom. The molecule has 6 heterocycles. The largest absolute Gasteiger partial charge is 0.465 e. The number of likely N-dealkylation sites (N-methyl/N-ethyl adjacent to an activating group) is 1. The molecule has 0 radical (unpaired) electrons. The van der Waals surface area contributed by atoms with E-state index < -0.39 is 11.6 Å². The summed E-state index contributed by atoms with van der Waals surface area (Å²) in [4.78, 5) is 55.3. The first kappa shape index (κ1) is 29.4. The molecule has 2 aliphatic heterocycles. The number of carbonyl (C=O) groups is 2. The number of hydrogen-bond donors (Lipinski definition) is 1. The fourth-order valence-electron chi connectivity index (χ4n) is 5.26. The fourth-order valence-corrected chi connectivity index (χ4v) is 5.26. The number of aromatic nitrogens is 5. The van der Waals surface area contributed by atoms with Crippen molar-refractivity contribution in [3.05, 3.63) is 42.5 Å². The van der Waals surface area contributed by atoms with Gasteiger partial charge in [-0.2, -0.15) is 0 Å². The van der Waals surface area contributed by atoms with Crippen molar-refractivity contribution in [3.63, 3.8) is 0 Å². The van der Waals surface area contributed by atoms with Crippen LogP contribution in [0.3, 0.4) is 0 Å². The Labute approximate surface area is 254 Å². The van der Waals surface area contributed by atoms with Crippen molar-refractivity contribution in [3.8, 4) is 22.7 Å². The van der Waals surface area contributed by atoms with Gasteiger partial charge < -0.3 is 29.0 Å². The Kier molecular flexibility index (Phi) is 7.86. The molecule has 2 amide bonds. The molecule has 2 aliphatic rings.